The Labute approximate surface area is 152 Å². The molecule has 1 heterocycles. The van der Waals surface area contributed by atoms with Gasteiger partial charge in [0.15, 0.2) is 0 Å². The van der Waals surface area contributed by atoms with Crippen molar-refractivity contribution in [2.75, 3.05) is 58.7 Å². The molecular formula is C17H25N5O4. The Hall–Kier alpha value is -2.52. The molecular weight excluding hydrogens is 338 g/mol. The van der Waals surface area contributed by atoms with Crippen LogP contribution in [0.4, 0.5) is 11.4 Å². The highest BCUT2D eigenvalue weighted by Gasteiger charge is 2.20. The number of amides is 2. The number of hydrogen-bond donors (Lipinski definition) is 1. The first-order valence-corrected chi connectivity index (χ1v) is 8.55. The van der Waals surface area contributed by atoms with E-state index in [9.17, 15) is 19.7 Å². The van der Waals surface area contributed by atoms with E-state index in [1.54, 1.807) is 31.1 Å². The van der Waals surface area contributed by atoms with Gasteiger partial charge in [0.2, 0.25) is 11.8 Å². The average molecular weight is 363 g/mol. The Morgan fingerprint density at radius 3 is 2.35 bits per heavy atom. The number of anilines is 1. The first-order valence-electron chi connectivity index (χ1n) is 8.55. The Bertz CT molecular complexity index is 664. The summed E-state index contributed by atoms with van der Waals surface area (Å²) in [5.41, 5.74) is 0.0839. The summed E-state index contributed by atoms with van der Waals surface area (Å²) in [7, 11) is 3.47. The number of nitro benzene ring substituents is 1. The highest BCUT2D eigenvalue weighted by atomic mass is 16.6. The third-order valence-electron chi connectivity index (χ3n) is 4.28. The normalized spacial score (nSPS) is 15.9. The third-order valence-corrected chi connectivity index (χ3v) is 4.28. The number of para-hydroxylation sites is 2. The number of hydrogen-bond acceptors (Lipinski definition) is 6. The quantitative estimate of drug-likeness (QED) is 0.588. The molecule has 0 aromatic heterocycles. The molecule has 1 aromatic carbocycles. The number of likely N-dealkylation sites (N-methyl/N-ethyl adjacent to an activating group) is 1. The van der Waals surface area contributed by atoms with Crippen LogP contribution in [0.1, 0.15) is 6.42 Å². The van der Waals surface area contributed by atoms with Crippen LogP contribution in [0.25, 0.3) is 0 Å². The maximum atomic E-state index is 12.3. The van der Waals surface area contributed by atoms with Crippen molar-refractivity contribution in [1.82, 2.24) is 14.7 Å². The van der Waals surface area contributed by atoms with E-state index in [-0.39, 0.29) is 29.7 Å². The second kappa shape index (κ2) is 9.25. The molecule has 9 nitrogen and oxygen atoms in total. The van der Waals surface area contributed by atoms with Crippen LogP contribution in [0.5, 0.6) is 0 Å². The van der Waals surface area contributed by atoms with Crippen molar-refractivity contribution in [1.29, 1.82) is 0 Å². The van der Waals surface area contributed by atoms with E-state index < -0.39 is 4.92 Å². The van der Waals surface area contributed by atoms with Crippen LogP contribution in [0.15, 0.2) is 24.3 Å². The fraction of sp³-hybridized carbons (Fsp3) is 0.529. The molecule has 1 N–H and O–H groups in total. The van der Waals surface area contributed by atoms with Crippen molar-refractivity contribution < 1.29 is 14.5 Å². The van der Waals surface area contributed by atoms with E-state index in [4.69, 9.17) is 0 Å². The highest BCUT2D eigenvalue weighted by molar-refractivity contribution is 5.94. The summed E-state index contributed by atoms with van der Waals surface area (Å²) < 4.78 is 0. The van der Waals surface area contributed by atoms with Gasteiger partial charge in [-0.25, -0.2) is 0 Å². The second-order valence-electron chi connectivity index (χ2n) is 6.52. The number of benzene rings is 1. The molecule has 0 unspecified atom stereocenters. The molecule has 0 saturated carbocycles. The van der Waals surface area contributed by atoms with Crippen LogP contribution in [0.2, 0.25) is 0 Å². The van der Waals surface area contributed by atoms with Crippen molar-refractivity contribution in [2.45, 2.75) is 6.42 Å². The zero-order valence-corrected chi connectivity index (χ0v) is 15.2. The molecule has 9 heteroatoms. The lowest BCUT2D eigenvalue weighted by atomic mass is 10.2. The van der Waals surface area contributed by atoms with Crippen LogP contribution in [0, 0.1) is 10.1 Å². The third kappa shape index (κ3) is 5.78. The molecule has 1 aliphatic heterocycles. The number of nitrogens with zero attached hydrogens (tertiary/aromatic N) is 4. The summed E-state index contributed by atoms with van der Waals surface area (Å²) in [6.45, 7) is 3.48. The van der Waals surface area contributed by atoms with Crippen molar-refractivity contribution >= 4 is 23.2 Å². The molecule has 1 aromatic rings. The topological polar surface area (TPSA) is 99.0 Å². The van der Waals surface area contributed by atoms with Crippen molar-refractivity contribution in [3.63, 3.8) is 0 Å². The molecule has 0 radical (unpaired) electrons. The minimum Gasteiger partial charge on any atom is -0.348 e. The van der Waals surface area contributed by atoms with Gasteiger partial charge >= 0.3 is 0 Å². The lowest BCUT2D eigenvalue weighted by molar-refractivity contribution is -0.383. The summed E-state index contributed by atoms with van der Waals surface area (Å²) in [6.07, 6.45) is 0.861. The van der Waals surface area contributed by atoms with E-state index in [2.05, 4.69) is 10.2 Å². The predicted molar refractivity (Wildman–Crippen MR) is 97.9 cm³/mol. The van der Waals surface area contributed by atoms with Gasteiger partial charge in [-0.05, 0) is 25.6 Å². The molecule has 26 heavy (non-hydrogen) atoms. The maximum Gasteiger partial charge on any atom is 0.292 e. The second-order valence-corrected chi connectivity index (χ2v) is 6.52. The van der Waals surface area contributed by atoms with Gasteiger partial charge in [0.1, 0.15) is 5.69 Å². The van der Waals surface area contributed by atoms with Crippen molar-refractivity contribution in [2.24, 2.45) is 0 Å². The Balaban J connectivity index is 1.86. The summed E-state index contributed by atoms with van der Waals surface area (Å²) in [5, 5.41) is 13.6. The van der Waals surface area contributed by atoms with E-state index in [1.165, 1.54) is 12.1 Å². The van der Waals surface area contributed by atoms with Gasteiger partial charge in [-0.1, -0.05) is 12.1 Å². The Morgan fingerprint density at radius 1 is 1.12 bits per heavy atom. The van der Waals surface area contributed by atoms with Crippen LogP contribution in [0.3, 0.4) is 0 Å². The molecule has 1 aliphatic rings. The van der Waals surface area contributed by atoms with Crippen LogP contribution < -0.4 is 5.32 Å². The molecule has 2 amide bonds. The predicted octanol–water partition coefficient (Wildman–Crippen LogP) is 0.629. The first kappa shape index (κ1) is 19.8. The fourth-order valence-electron chi connectivity index (χ4n) is 2.80. The number of nitrogens with one attached hydrogen (secondary N) is 1. The van der Waals surface area contributed by atoms with Gasteiger partial charge in [-0.15, -0.1) is 0 Å². The van der Waals surface area contributed by atoms with Gasteiger partial charge in [-0.2, -0.15) is 0 Å². The first-order chi connectivity index (χ1) is 12.4. The van der Waals surface area contributed by atoms with Crippen LogP contribution in [-0.4, -0.2) is 84.8 Å². The van der Waals surface area contributed by atoms with E-state index in [0.717, 1.165) is 19.5 Å². The zero-order valence-electron chi connectivity index (χ0n) is 15.2. The van der Waals surface area contributed by atoms with Crippen molar-refractivity contribution in [3.05, 3.63) is 34.4 Å². The molecule has 2 rings (SSSR count). The number of carbonyl (C=O) groups excluding carboxylic acids is 2. The lowest BCUT2D eigenvalue weighted by Crippen LogP contribution is -2.39. The van der Waals surface area contributed by atoms with Gasteiger partial charge in [0.25, 0.3) is 5.69 Å². The van der Waals surface area contributed by atoms with Crippen molar-refractivity contribution in [3.8, 4) is 0 Å². The monoisotopic (exact) mass is 363 g/mol. The van der Waals surface area contributed by atoms with Gasteiger partial charge in [-0.3, -0.25) is 29.5 Å². The van der Waals surface area contributed by atoms with Gasteiger partial charge in [0, 0.05) is 33.3 Å². The molecule has 142 valence electrons. The molecule has 1 fully saturated rings. The van der Waals surface area contributed by atoms with Crippen LogP contribution >= 0.6 is 0 Å². The van der Waals surface area contributed by atoms with Gasteiger partial charge < -0.3 is 10.2 Å². The Kier molecular flexibility index (Phi) is 7.05. The largest absolute Gasteiger partial charge is 0.348 e. The highest BCUT2D eigenvalue weighted by Crippen LogP contribution is 2.23. The van der Waals surface area contributed by atoms with Crippen LogP contribution in [-0.2, 0) is 9.59 Å². The summed E-state index contributed by atoms with van der Waals surface area (Å²) >= 11 is 0. The summed E-state index contributed by atoms with van der Waals surface area (Å²) in [5.74, 6) is -0.218. The minimum absolute atomic E-state index is 0.0626. The minimum atomic E-state index is -0.513. The summed E-state index contributed by atoms with van der Waals surface area (Å²) in [6, 6.07) is 6.09. The van der Waals surface area contributed by atoms with E-state index >= 15 is 0 Å². The Morgan fingerprint density at radius 2 is 1.73 bits per heavy atom. The van der Waals surface area contributed by atoms with E-state index in [1.807, 2.05) is 4.90 Å². The standard InChI is InChI=1S/C17H25N5O4/c1-19(2)17(24)13-21-9-5-8-20(10-11-21)12-16(23)18-14-6-3-4-7-15(14)22(25)26/h3-4,6-7H,5,8-13H2,1-2H3,(H,18,23). The molecule has 0 bridgehead atoms. The SMILES string of the molecule is CN(C)C(=O)CN1CCCN(CC(=O)Nc2ccccc2[N+](=O)[O-])CC1. The zero-order chi connectivity index (χ0) is 19.1. The summed E-state index contributed by atoms with van der Waals surface area (Å²) in [4.78, 5) is 40.3. The average Bonchev–Trinajstić information content (AvgIpc) is 2.80. The molecule has 0 atom stereocenters. The molecule has 0 aliphatic carbocycles. The van der Waals surface area contributed by atoms with E-state index in [0.29, 0.717) is 19.6 Å². The number of rotatable bonds is 6. The number of carbonyl (C=O) groups is 2. The number of nitro groups is 1. The lowest BCUT2D eigenvalue weighted by Gasteiger charge is -2.22. The molecule has 1 saturated heterocycles. The maximum absolute atomic E-state index is 12.3. The van der Waals surface area contributed by atoms with Gasteiger partial charge in [0.05, 0.1) is 18.0 Å². The smallest absolute Gasteiger partial charge is 0.292 e. The molecule has 0 spiro atoms. The fourth-order valence-corrected chi connectivity index (χ4v) is 2.80.